The number of nitrogens with zero attached hydrogens (tertiary/aromatic N) is 6. The van der Waals surface area contributed by atoms with Crippen LogP contribution in [0, 0.1) is 6.92 Å². The van der Waals surface area contributed by atoms with Crippen molar-refractivity contribution in [2.75, 3.05) is 68.9 Å². The second-order valence-electron chi connectivity index (χ2n) is 7.57. The van der Waals surface area contributed by atoms with Crippen LogP contribution in [-0.2, 0) is 14.8 Å². The first-order valence-electron chi connectivity index (χ1n) is 9.79. The predicted octanol–water partition coefficient (Wildman–Crippen LogP) is 0.315. The Balaban J connectivity index is 1.61. The van der Waals surface area contributed by atoms with Crippen molar-refractivity contribution in [3.63, 3.8) is 0 Å². The second kappa shape index (κ2) is 8.60. The van der Waals surface area contributed by atoms with Crippen molar-refractivity contribution < 1.29 is 13.2 Å². The Morgan fingerprint density at radius 3 is 2.07 bits per heavy atom. The van der Waals surface area contributed by atoms with E-state index >= 15 is 0 Å². The summed E-state index contributed by atoms with van der Waals surface area (Å²) in [6, 6.07) is 2.05. The normalized spacial score (nSPS) is 18.6. The van der Waals surface area contributed by atoms with Gasteiger partial charge in [-0.05, 0) is 26.2 Å². The molecule has 28 heavy (non-hydrogen) atoms. The van der Waals surface area contributed by atoms with Crippen molar-refractivity contribution >= 4 is 27.6 Å². The summed E-state index contributed by atoms with van der Waals surface area (Å²) in [6.45, 7) is 6.31. The molecule has 1 aromatic rings. The largest absolute Gasteiger partial charge is 0.356 e. The van der Waals surface area contributed by atoms with E-state index in [9.17, 15) is 13.2 Å². The van der Waals surface area contributed by atoms with Crippen LogP contribution in [0.3, 0.4) is 0 Å². The van der Waals surface area contributed by atoms with Crippen LogP contribution in [0.25, 0.3) is 0 Å². The highest BCUT2D eigenvalue weighted by Gasteiger charge is 2.25. The molecule has 1 aromatic heterocycles. The molecule has 0 bridgehead atoms. The number of amides is 1. The number of aryl methyl sites for hydroxylation is 1. The highest BCUT2D eigenvalue weighted by Crippen LogP contribution is 2.23. The van der Waals surface area contributed by atoms with Crippen LogP contribution < -0.4 is 9.80 Å². The van der Waals surface area contributed by atoms with Crippen LogP contribution in [-0.4, -0.2) is 92.6 Å². The third kappa shape index (κ3) is 5.11. The summed E-state index contributed by atoms with van der Waals surface area (Å²) in [5, 5.41) is 0. The predicted molar refractivity (Wildman–Crippen MR) is 109 cm³/mol. The van der Waals surface area contributed by atoms with Crippen molar-refractivity contribution in [1.29, 1.82) is 0 Å². The first-order valence-corrected chi connectivity index (χ1v) is 11.6. The van der Waals surface area contributed by atoms with E-state index in [0.717, 1.165) is 41.1 Å². The summed E-state index contributed by atoms with van der Waals surface area (Å²) in [6.07, 6.45) is 4.77. The lowest BCUT2D eigenvalue weighted by Gasteiger charge is -2.36. The number of anilines is 2. The van der Waals surface area contributed by atoms with E-state index in [0.29, 0.717) is 26.2 Å². The number of sulfonamides is 1. The van der Waals surface area contributed by atoms with Gasteiger partial charge in [0.1, 0.15) is 17.5 Å². The number of hydrogen-bond donors (Lipinski definition) is 0. The molecule has 0 saturated carbocycles. The SMILES string of the molecule is Cc1nc(N2CCCCC2)cc(N2CCN(C(=O)CN(C)S(C)(=O)=O)CC2)n1. The first kappa shape index (κ1) is 20.8. The van der Waals surface area contributed by atoms with Gasteiger partial charge < -0.3 is 14.7 Å². The van der Waals surface area contributed by atoms with Crippen LogP contribution >= 0.6 is 0 Å². The van der Waals surface area contributed by atoms with Crippen molar-refractivity contribution in [3.05, 3.63) is 11.9 Å². The minimum atomic E-state index is -3.36. The monoisotopic (exact) mass is 410 g/mol. The van der Waals surface area contributed by atoms with E-state index < -0.39 is 10.0 Å². The zero-order valence-electron chi connectivity index (χ0n) is 17.0. The van der Waals surface area contributed by atoms with E-state index in [1.807, 2.05) is 13.0 Å². The molecular weight excluding hydrogens is 380 g/mol. The number of carbonyl (C=O) groups is 1. The Kier molecular flexibility index (Phi) is 6.39. The van der Waals surface area contributed by atoms with Gasteiger partial charge >= 0.3 is 0 Å². The van der Waals surface area contributed by atoms with E-state index in [1.54, 1.807) is 4.90 Å². The maximum Gasteiger partial charge on any atom is 0.238 e. The molecule has 3 rings (SSSR count). The lowest BCUT2D eigenvalue weighted by atomic mass is 10.1. The van der Waals surface area contributed by atoms with Crippen molar-refractivity contribution in [1.82, 2.24) is 19.2 Å². The van der Waals surface area contributed by atoms with Crippen LogP contribution in [0.15, 0.2) is 6.07 Å². The minimum Gasteiger partial charge on any atom is -0.356 e. The molecule has 9 nitrogen and oxygen atoms in total. The summed E-state index contributed by atoms with van der Waals surface area (Å²) in [7, 11) is -1.93. The first-order chi connectivity index (χ1) is 13.2. The number of piperazine rings is 1. The molecule has 0 unspecified atom stereocenters. The van der Waals surface area contributed by atoms with Gasteiger partial charge in [-0.3, -0.25) is 4.79 Å². The molecule has 2 aliphatic heterocycles. The van der Waals surface area contributed by atoms with Gasteiger partial charge in [-0.2, -0.15) is 4.31 Å². The Morgan fingerprint density at radius 1 is 1.00 bits per heavy atom. The average molecular weight is 411 g/mol. The second-order valence-corrected chi connectivity index (χ2v) is 9.66. The summed E-state index contributed by atoms with van der Waals surface area (Å²) in [5.74, 6) is 2.47. The Bertz CT molecular complexity index is 802. The topological polar surface area (TPSA) is 90.0 Å². The van der Waals surface area contributed by atoms with Gasteiger partial charge in [0.15, 0.2) is 0 Å². The fourth-order valence-electron chi connectivity index (χ4n) is 3.58. The van der Waals surface area contributed by atoms with Crippen LogP contribution in [0.2, 0.25) is 0 Å². The lowest BCUT2D eigenvalue weighted by molar-refractivity contribution is -0.131. The summed E-state index contributed by atoms with van der Waals surface area (Å²) >= 11 is 0. The Labute approximate surface area is 167 Å². The maximum atomic E-state index is 12.4. The number of likely N-dealkylation sites (N-methyl/N-ethyl adjacent to an activating group) is 1. The standard InChI is InChI=1S/C18H30N6O3S/c1-15-19-16(22-7-5-4-6-8-22)13-17(20-15)23-9-11-24(12-10-23)18(25)14-21(2)28(3,26)27/h13H,4-12,14H2,1-3H3. The van der Waals surface area contributed by atoms with Gasteiger partial charge in [-0.15, -0.1) is 0 Å². The molecule has 0 aliphatic carbocycles. The zero-order valence-corrected chi connectivity index (χ0v) is 17.8. The molecule has 0 spiro atoms. The van der Waals surface area contributed by atoms with E-state index in [1.165, 1.54) is 26.3 Å². The number of rotatable bonds is 5. The molecule has 2 aliphatic rings. The molecule has 3 heterocycles. The zero-order chi connectivity index (χ0) is 20.3. The Hall–Kier alpha value is -1.94. The highest BCUT2D eigenvalue weighted by atomic mass is 32.2. The highest BCUT2D eigenvalue weighted by molar-refractivity contribution is 7.88. The Morgan fingerprint density at radius 2 is 1.54 bits per heavy atom. The minimum absolute atomic E-state index is 0.120. The van der Waals surface area contributed by atoms with Gasteiger partial charge in [0.2, 0.25) is 15.9 Å². The van der Waals surface area contributed by atoms with Crippen LogP contribution in [0.5, 0.6) is 0 Å². The number of carbonyl (C=O) groups excluding carboxylic acids is 1. The summed E-state index contributed by atoms with van der Waals surface area (Å²) in [4.78, 5) is 27.8. The third-order valence-corrected chi connectivity index (χ3v) is 6.63. The molecule has 2 saturated heterocycles. The number of piperidine rings is 1. The van der Waals surface area contributed by atoms with Gasteiger partial charge in [-0.25, -0.2) is 18.4 Å². The van der Waals surface area contributed by atoms with Crippen LogP contribution in [0.1, 0.15) is 25.1 Å². The molecule has 0 N–H and O–H groups in total. The fourth-order valence-corrected chi connectivity index (χ4v) is 3.92. The van der Waals surface area contributed by atoms with E-state index in [2.05, 4.69) is 19.8 Å². The fraction of sp³-hybridized carbons (Fsp3) is 0.722. The molecule has 156 valence electrons. The lowest BCUT2D eigenvalue weighted by Crippen LogP contribution is -2.51. The number of hydrogen-bond acceptors (Lipinski definition) is 7. The summed E-state index contributed by atoms with van der Waals surface area (Å²) in [5.41, 5.74) is 0. The van der Waals surface area contributed by atoms with Gasteiger partial charge in [0.05, 0.1) is 12.8 Å². The maximum absolute atomic E-state index is 12.4. The molecule has 0 radical (unpaired) electrons. The van der Waals surface area contributed by atoms with Crippen molar-refractivity contribution in [3.8, 4) is 0 Å². The summed E-state index contributed by atoms with van der Waals surface area (Å²) < 4.78 is 24.1. The molecule has 10 heteroatoms. The van der Waals surface area contributed by atoms with Crippen molar-refractivity contribution in [2.24, 2.45) is 0 Å². The smallest absolute Gasteiger partial charge is 0.238 e. The molecular formula is C18H30N6O3S. The van der Waals surface area contributed by atoms with E-state index in [-0.39, 0.29) is 12.5 Å². The third-order valence-electron chi connectivity index (χ3n) is 5.37. The molecule has 2 fully saturated rings. The van der Waals surface area contributed by atoms with Gasteiger partial charge in [0.25, 0.3) is 0 Å². The van der Waals surface area contributed by atoms with E-state index in [4.69, 9.17) is 0 Å². The molecule has 1 amide bonds. The molecule has 0 aromatic carbocycles. The molecule has 0 atom stereocenters. The van der Waals surface area contributed by atoms with Crippen LogP contribution in [0.4, 0.5) is 11.6 Å². The quantitative estimate of drug-likeness (QED) is 0.690. The average Bonchev–Trinajstić information content (AvgIpc) is 2.67. The van der Waals surface area contributed by atoms with Gasteiger partial charge in [-0.1, -0.05) is 0 Å². The number of aromatic nitrogens is 2. The van der Waals surface area contributed by atoms with Crippen molar-refractivity contribution in [2.45, 2.75) is 26.2 Å². The van der Waals surface area contributed by atoms with Gasteiger partial charge in [0, 0.05) is 52.4 Å².